The zero-order chi connectivity index (χ0) is 19.0. The molecule has 2 aromatic heterocycles. The molecule has 0 saturated carbocycles. The normalized spacial score (nSPS) is 15.4. The van der Waals surface area contributed by atoms with Crippen molar-refractivity contribution in [1.82, 2.24) is 19.1 Å². The van der Waals surface area contributed by atoms with Crippen LogP contribution in [0.5, 0.6) is 0 Å². The standard InChI is InChI=1S/C20H23N5O2/c1-14-22-17-6-4-3-5-16(17)19(26)25(14)13-15-7-10-24(11-8-15)18-20(27)23(2)12-9-21-18/h3-6,9,12,15H,7-8,10-11,13H2,1-2H3. The number of piperidine rings is 1. The fourth-order valence-electron chi connectivity index (χ4n) is 3.78. The van der Waals surface area contributed by atoms with E-state index in [2.05, 4.69) is 9.97 Å². The highest BCUT2D eigenvalue weighted by Crippen LogP contribution is 2.21. The minimum atomic E-state index is -0.0678. The summed E-state index contributed by atoms with van der Waals surface area (Å²) in [5.41, 5.74) is 0.706. The molecule has 0 bridgehead atoms. The van der Waals surface area contributed by atoms with Crippen molar-refractivity contribution in [1.29, 1.82) is 0 Å². The summed E-state index contributed by atoms with van der Waals surface area (Å²) in [6, 6.07) is 7.48. The van der Waals surface area contributed by atoms with Crippen molar-refractivity contribution >= 4 is 16.7 Å². The molecule has 0 amide bonds. The zero-order valence-corrected chi connectivity index (χ0v) is 15.6. The van der Waals surface area contributed by atoms with Crippen molar-refractivity contribution in [2.45, 2.75) is 26.3 Å². The molecule has 0 aliphatic carbocycles. The highest BCUT2D eigenvalue weighted by Gasteiger charge is 2.23. The first kappa shape index (κ1) is 17.5. The number of hydrogen-bond acceptors (Lipinski definition) is 5. The van der Waals surface area contributed by atoms with Gasteiger partial charge in [0.1, 0.15) is 5.82 Å². The fourth-order valence-corrected chi connectivity index (χ4v) is 3.78. The summed E-state index contributed by atoms with van der Waals surface area (Å²) in [6.45, 7) is 4.09. The molecular formula is C20H23N5O2. The maximum atomic E-state index is 12.8. The van der Waals surface area contributed by atoms with Crippen LogP contribution >= 0.6 is 0 Å². The number of anilines is 1. The topological polar surface area (TPSA) is 73.0 Å². The van der Waals surface area contributed by atoms with E-state index < -0.39 is 0 Å². The number of benzene rings is 1. The van der Waals surface area contributed by atoms with Crippen LogP contribution in [0, 0.1) is 12.8 Å². The molecular weight excluding hydrogens is 342 g/mol. The van der Waals surface area contributed by atoms with Crippen LogP contribution in [0.1, 0.15) is 18.7 Å². The molecule has 7 heteroatoms. The molecule has 140 valence electrons. The molecule has 3 aromatic rings. The average molecular weight is 365 g/mol. The summed E-state index contributed by atoms with van der Waals surface area (Å²) >= 11 is 0. The number of nitrogens with zero attached hydrogens (tertiary/aromatic N) is 5. The van der Waals surface area contributed by atoms with Crippen LogP contribution in [-0.4, -0.2) is 32.2 Å². The predicted octanol–water partition coefficient (Wildman–Crippen LogP) is 1.72. The molecule has 1 aliphatic heterocycles. The number of para-hydroxylation sites is 1. The number of aromatic nitrogens is 4. The zero-order valence-electron chi connectivity index (χ0n) is 15.6. The summed E-state index contributed by atoms with van der Waals surface area (Å²) in [5, 5.41) is 0.664. The third-order valence-corrected chi connectivity index (χ3v) is 5.41. The van der Waals surface area contributed by atoms with Crippen LogP contribution in [0.2, 0.25) is 0 Å². The van der Waals surface area contributed by atoms with Gasteiger partial charge in [0.25, 0.3) is 11.1 Å². The summed E-state index contributed by atoms with van der Waals surface area (Å²) < 4.78 is 3.35. The van der Waals surface area contributed by atoms with Crippen LogP contribution < -0.4 is 16.0 Å². The van der Waals surface area contributed by atoms with Gasteiger partial charge in [-0.25, -0.2) is 9.97 Å². The van der Waals surface area contributed by atoms with Crippen molar-refractivity contribution in [2.24, 2.45) is 13.0 Å². The van der Waals surface area contributed by atoms with Gasteiger partial charge in [0.2, 0.25) is 0 Å². The molecule has 0 spiro atoms. The minimum Gasteiger partial charge on any atom is -0.352 e. The van der Waals surface area contributed by atoms with Crippen LogP contribution in [0.3, 0.4) is 0 Å². The lowest BCUT2D eigenvalue weighted by molar-refractivity contribution is 0.347. The summed E-state index contributed by atoms with van der Waals surface area (Å²) in [5.74, 6) is 1.65. The van der Waals surface area contributed by atoms with Gasteiger partial charge in [-0.1, -0.05) is 12.1 Å². The molecule has 4 rings (SSSR count). The third-order valence-electron chi connectivity index (χ3n) is 5.41. The Kier molecular flexibility index (Phi) is 4.51. The second kappa shape index (κ2) is 6.98. The van der Waals surface area contributed by atoms with E-state index in [1.807, 2.05) is 36.1 Å². The molecule has 0 atom stereocenters. The highest BCUT2D eigenvalue weighted by atomic mass is 16.1. The quantitative estimate of drug-likeness (QED) is 0.707. The van der Waals surface area contributed by atoms with Crippen LogP contribution in [0.4, 0.5) is 5.82 Å². The Morgan fingerprint density at radius 1 is 1.11 bits per heavy atom. The Morgan fingerprint density at radius 2 is 1.85 bits per heavy atom. The van der Waals surface area contributed by atoms with Gasteiger partial charge in [-0.05, 0) is 37.8 Å². The summed E-state index contributed by atoms with van der Waals surface area (Å²) in [7, 11) is 1.74. The lowest BCUT2D eigenvalue weighted by Crippen LogP contribution is -2.40. The first-order chi connectivity index (χ1) is 13.0. The molecule has 0 radical (unpaired) electrons. The molecule has 1 aliphatic rings. The molecule has 27 heavy (non-hydrogen) atoms. The Balaban J connectivity index is 1.52. The van der Waals surface area contributed by atoms with Gasteiger partial charge in [0, 0.05) is 39.1 Å². The second-order valence-electron chi connectivity index (χ2n) is 7.19. The summed E-state index contributed by atoms with van der Waals surface area (Å²) in [4.78, 5) is 36.0. The van der Waals surface area contributed by atoms with Crippen molar-refractivity contribution in [3.8, 4) is 0 Å². The SMILES string of the molecule is Cc1nc2ccccc2c(=O)n1CC1CCN(c2nccn(C)c2=O)CC1. The molecule has 1 fully saturated rings. The maximum Gasteiger partial charge on any atom is 0.293 e. The Hall–Kier alpha value is -2.96. The molecule has 7 nitrogen and oxygen atoms in total. The lowest BCUT2D eigenvalue weighted by atomic mass is 9.96. The van der Waals surface area contributed by atoms with Crippen molar-refractivity contribution < 1.29 is 0 Å². The molecule has 1 saturated heterocycles. The van der Waals surface area contributed by atoms with Gasteiger partial charge in [0.15, 0.2) is 5.82 Å². The smallest absolute Gasteiger partial charge is 0.293 e. The van der Waals surface area contributed by atoms with Gasteiger partial charge in [-0.3, -0.25) is 14.2 Å². The Morgan fingerprint density at radius 3 is 2.63 bits per heavy atom. The molecule has 0 unspecified atom stereocenters. The van der Waals surface area contributed by atoms with Crippen molar-refractivity contribution in [2.75, 3.05) is 18.0 Å². The number of aryl methyl sites for hydroxylation is 2. The average Bonchev–Trinajstić information content (AvgIpc) is 2.68. The van der Waals surface area contributed by atoms with E-state index in [1.165, 1.54) is 0 Å². The van der Waals surface area contributed by atoms with Gasteiger partial charge in [-0.2, -0.15) is 0 Å². The van der Waals surface area contributed by atoms with E-state index in [9.17, 15) is 9.59 Å². The van der Waals surface area contributed by atoms with Crippen LogP contribution in [-0.2, 0) is 13.6 Å². The maximum absolute atomic E-state index is 12.8. The summed E-state index contributed by atoms with van der Waals surface area (Å²) in [6.07, 6.45) is 5.16. The van der Waals surface area contributed by atoms with Crippen LogP contribution in [0.15, 0.2) is 46.2 Å². The third kappa shape index (κ3) is 3.25. The minimum absolute atomic E-state index is 0.0270. The Bertz CT molecular complexity index is 1090. The van der Waals surface area contributed by atoms with Gasteiger partial charge >= 0.3 is 0 Å². The van der Waals surface area contributed by atoms with E-state index in [0.717, 1.165) is 37.3 Å². The number of fused-ring (bicyclic) bond motifs is 1. The molecule has 3 heterocycles. The Labute approximate surface area is 156 Å². The first-order valence-electron chi connectivity index (χ1n) is 9.27. The van der Waals surface area contributed by atoms with Crippen molar-refractivity contribution in [3.05, 3.63) is 63.2 Å². The predicted molar refractivity (Wildman–Crippen MR) is 105 cm³/mol. The number of hydrogen-bond donors (Lipinski definition) is 0. The lowest BCUT2D eigenvalue weighted by Gasteiger charge is -2.32. The van der Waals surface area contributed by atoms with E-state index in [1.54, 1.807) is 28.6 Å². The van der Waals surface area contributed by atoms with E-state index >= 15 is 0 Å². The largest absolute Gasteiger partial charge is 0.352 e. The van der Waals surface area contributed by atoms with E-state index in [-0.39, 0.29) is 11.1 Å². The second-order valence-corrected chi connectivity index (χ2v) is 7.19. The van der Waals surface area contributed by atoms with Crippen LogP contribution in [0.25, 0.3) is 10.9 Å². The fraction of sp³-hybridized carbons (Fsp3) is 0.400. The monoisotopic (exact) mass is 365 g/mol. The highest BCUT2D eigenvalue weighted by molar-refractivity contribution is 5.77. The van der Waals surface area contributed by atoms with Gasteiger partial charge in [-0.15, -0.1) is 0 Å². The van der Waals surface area contributed by atoms with E-state index in [0.29, 0.717) is 23.7 Å². The van der Waals surface area contributed by atoms with Crippen molar-refractivity contribution in [3.63, 3.8) is 0 Å². The van der Waals surface area contributed by atoms with E-state index in [4.69, 9.17) is 0 Å². The molecule has 1 aromatic carbocycles. The van der Waals surface area contributed by atoms with Gasteiger partial charge < -0.3 is 9.47 Å². The number of rotatable bonds is 3. The first-order valence-corrected chi connectivity index (χ1v) is 9.27. The molecule has 0 N–H and O–H groups in total. The van der Waals surface area contributed by atoms with Gasteiger partial charge in [0.05, 0.1) is 10.9 Å².